The van der Waals surface area contributed by atoms with Crippen molar-refractivity contribution in [3.8, 4) is 22.3 Å². The molecular formula is C26H20N2O2. The lowest BCUT2D eigenvalue weighted by Crippen LogP contribution is -2.14. The number of anilines is 1. The van der Waals surface area contributed by atoms with Crippen LogP contribution in [0.4, 0.5) is 5.69 Å². The Bertz CT molecular complexity index is 1200. The van der Waals surface area contributed by atoms with Gasteiger partial charge in [0.05, 0.1) is 0 Å². The van der Waals surface area contributed by atoms with Crippen molar-refractivity contribution in [2.24, 2.45) is 5.73 Å². The summed E-state index contributed by atoms with van der Waals surface area (Å²) in [6.45, 7) is 0. The Balaban J connectivity index is 1.58. The van der Waals surface area contributed by atoms with Crippen LogP contribution in [0.2, 0.25) is 0 Å². The molecule has 146 valence electrons. The molecule has 4 rings (SSSR count). The van der Waals surface area contributed by atoms with E-state index in [-0.39, 0.29) is 5.91 Å². The van der Waals surface area contributed by atoms with Crippen LogP contribution in [0.1, 0.15) is 20.7 Å². The van der Waals surface area contributed by atoms with Crippen LogP contribution in [0.25, 0.3) is 22.3 Å². The topological polar surface area (TPSA) is 72.2 Å². The first-order valence-electron chi connectivity index (χ1n) is 9.58. The number of benzene rings is 4. The van der Waals surface area contributed by atoms with Crippen LogP contribution in [0.3, 0.4) is 0 Å². The third kappa shape index (κ3) is 4.13. The molecule has 0 heterocycles. The molecule has 0 saturated carbocycles. The van der Waals surface area contributed by atoms with E-state index < -0.39 is 5.91 Å². The Morgan fingerprint density at radius 3 is 1.83 bits per heavy atom. The first-order chi connectivity index (χ1) is 14.6. The number of carbonyl (C=O) groups excluding carboxylic acids is 2. The van der Waals surface area contributed by atoms with E-state index in [9.17, 15) is 9.59 Å². The molecule has 0 bridgehead atoms. The maximum absolute atomic E-state index is 12.6. The average Bonchev–Trinajstić information content (AvgIpc) is 2.80. The van der Waals surface area contributed by atoms with Crippen molar-refractivity contribution in [1.29, 1.82) is 0 Å². The number of amides is 2. The van der Waals surface area contributed by atoms with Gasteiger partial charge in [-0.25, -0.2) is 0 Å². The molecule has 3 N–H and O–H groups in total. The van der Waals surface area contributed by atoms with Gasteiger partial charge < -0.3 is 11.1 Å². The Morgan fingerprint density at radius 2 is 1.20 bits per heavy atom. The van der Waals surface area contributed by atoms with Crippen molar-refractivity contribution in [2.45, 2.75) is 0 Å². The minimum absolute atomic E-state index is 0.250. The predicted octanol–water partition coefficient (Wildman–Crippen LogP) is 5.37. The minimum Gasteiger partial charge on any atom is -0.366 e. The fourth-order valence-corrected chi connectivity index (χ4v) is 3.36. The molecular weight excluding hydrogens is 372 g/mol. The molecule has 0 aliphatic heterocycles. The second kappa shape index (κ2) is 8.45. The number of rotatable bonds is 5. The molecule has 0 atom stereocenters. The van der Waals surface area contributed by atoms with Crippen molar-refractivity contribution in [1.82, 2.24) is 0 Å². The van der Waals surface area contributed by atoms with Gasteiger partial charge in [0.25, 0.3) is 5.91 Å². The molecule has 0 aliphatic carbocycles. The summed E-state index contributed by atoms with van der Waals surface area (Å²) in [7, 11) is 0. The molecule has 4 nitrogen and oxygen atoms in total. The van der Waals surface area contributed by atoms with Gasteiger partial charge in [0.15, 0.2) is 0 Å². The first kappa shape index (κ1) is 19.2. The highest BCUT2D eigenvalue weighted by atomic mass is 16.2. The van der Waals surface area contributed by atoms with E-state index in [1.165, 1.54) is 0 Å². The molecule has 0 aromatic heterocycles. The number of nitrogens with one attached hydrogen (secondary N) is 1. The monoisotopic (exact) mass is 392 g/mol. The summed E-state index contributed by atoms with van der Waals surface area (Å²) in [5.41, 5.74) is 11.1. The van der Waals surface area contributed by atoms with E-state index in [2.05, 4.69) is 29.6 Å². The van der Waals surface area contributed by atoms with Gasteiger partial charge in [0.2, 0.25) is 5.91 Å². The summed E-state index contributed by atoms with van der Waals surface area (Å²) < 4.78 is 0. The zero-order valence-electron chi connectivity index (χ0n) is 16.2. The Kier molecular flexibility index (Phi) is 5.39. The van der Waals surface area contributed by atoms with Gasteiger partial charge in [0.1, 0.15) is 0 Å². The Morgan fingerprint density at radius 1 is 0.600 bits per heavy atom. The lowest BCUT2D eigenvalue weighted by atomic mass is 9.94. The maximum Gasteiger partial charge on any atom is 0.255 e. The number of hydrogen-bond acceptors (Lipinski definition) is 2. The van der Waals surface area contributed by atoms with Crippen molar-refractivity contribution in [2.75, 3.05) is 5.32 Å². The molecule has 4 aromatic rings. The lowest BCUT2D eigenvalue weighted by Gasteiger charge is -2.11. The van der Waals surface area contributed by atoms with Gasteiger partial charge in [0, 0.05) is 16.8 Å². The molecule has 0 saturated heterocycles. The molecule has 2 amide bonds. The second-order valence-corrected chi connectivity index (χ2v) is 6.89. The zero-order chi connectivity index (χ0) is 20.9. The summed E-state index contributed by atoms with van der Waals surface area (Å²) in [5, 5.41) is 2.80. The molecule has 0 unspecified atom stereocenters. The predicted molar refractivity (Wildman–Crippen MR) is 120 cm³/mol. The van der Waals surface area contributed by atoms with E-state index in [0.29, 0.717) is 16.8 Å². The van der Waals surface area contributed by atoms with E-state index in [1.54, 1.807) is 36.4 Å². The average molecular weight is 392 g/mol. The Hall–Kier alpha value is -4.18. The van der Waals surface area contributed by atoms with Gasteiger partial charge in [-0.2, -0.15) is 0 Å². The SMILES string of the molecule is NC(=O)c1cccc(NC(=O)c2ccc(-c3ccccc3-c3ccccc3)cc2)c1. The van der Waals surface area contributed by atoms with Crippen LogP contribution >= 0.6 is 0 Å². The molecule has 4 heteroatoms. The molecule has 0 aliphatic rings. The largest absolute Gasteiger partial charge is 0.366 e. The normalized spacial score (nSPS) is 10.4. The summed E-state index contributed by atoms with van der Waals surface area (Å²) >= 11 is 0. The first-order valence-corrected chi connectivity index (χ1v) is 9.58. The number of hydrogen-bond donors (Lipinski definition) is 2. The molecule has 0 spiro atoms. The zero-order valence-corrected chi connectivity index (χ0v) is 16.2. The van der Waals surface area contributed by atoms with Gasteiger partial charge in [-0.15, -0.1) is 0 Å². The smallest absolute Gasteiger partial charge is 0.255 e. The summed E-state index contributed by atoms with van der Waals surface area (Å²) in [6.07, 6.45) is 0. The standard InChI is InChI=1S/C26H20N2O2/c27-25(29)21-9-6-10-22(17-21)28-26(30)20-15-13-19(14-16-20)24-12-5-4-11-23(24)18-7-2-1-3-8-18/h1-17H,(H2,27,29)(H,28,30). The van der Waals surface area contributed by atoms with Gasteiger partial charge >= 0.3 is 0 Å². The highest BCUT2D eigenvalue weighted by molar-refractivity contribution is 6.05. The van der Waals surface area contributed by atoms with E-state index >= 15 is 0 Å². The molecule has 0 fully saturated rings. The fraction of sp³-hybridized carbons (Fsp3) is 0. The molecule has 4 aromatic carbocycles. The van der Waals surface area contributed by atoms with Crippen molar-refractivity contribution < 1.29 is 9.59 Å². The van der Waals surface area contributed by atoms with Crippen LogP contribution in [-0.4, -0.2) is 11.8 Å². The lowest BCUT2D eigenvalue weighted by molar-refractivity contribution is 0.0996. The van der Waals surface area contributed by atoms with Crippen LogP contribution in [0.5, 0.6) is 0 Å². The summed E-state index contributed by atoms with van der Waals surface area (Å²) in [6, 6.07) is 32.4. The second-order valence-electron chi connectivity index (χ2n) is 6.89. The quantitative estimate of drug-likeness (QED) is 0.479. The maximum atomic E-state index is 12.6. The van der Waals surface area contributed by atoms with Crippen LogP contribution in [0.15, 0.2) is 103 Å². The van der Waals surface area contributed by atoms with Gasteiger partial charge in [-0.05, 0) is 52.6 Å². The van der Waals surface area contributed by atoms with E-state index in [0.717, 1.165) is 22.3 Å². The van der Waals surface area contributed by atoms with E-state index in [4.69, 9.17) is 5.73 Å². The van der Waals surface area contributed by atoms with Gasteiger partial charge in [-0.1, -0.05) is 72.8 Å². The Labute approximate surface area is 175 Å². The number of carbonyl (C=O) groups is 2. The van der Waals surface area contributed by atoms with Crippen molar-refractivity contribution >= 4 is 17.5 Å². The highest BCUT2D eigenvalue weighted by Gasteiger charge is 2.10. The molecule has 30 heavy (non-hydrogen) atoms. The van der Waals surface area contributed by atoms with Crippen LogP contribution in [0, 0.1) is 0 Å². The summed E-state index contributed by atoms with van der Waals surface area (Å²) in [4.78, 5) is 23.9. The minimum atomic E-state index is -0.535. The third-order valence-corrected chi connectivity index (χ3v) is 4.87. The fourth-order valence-electron chi connectivity index (χ4n) is 3.36. The number of primary amides is 1. The van der Waals surface area contributed by atoms with Crippen LogP contribution in [-0.2, 0) is 0 Å². The summed E-state index contributed by atoms with van der Waals surface area (Å²) in [5.74, 6) is -0.785. The van der Waals surface area contributed by atoms with Gasteiger partial charge in [-0.3, -0.25) is 9.59 Å². The van der Waals surface area contributed by atoms with Crippen LogP contribution < -0.4 is 11.1 Å². The van der Waals surface area contributed by atoms with E-state index in [1.807, 2.05) is 42.5 Å². The highest BCUT2D eigenvalue weighted by Crippen LogP contribution is 2.32. The third-order valence-electron chi connectivity index (χ3n) is 4.87. The molecule has 0 radical (unpaired) electrons. The van der Waals surface area contributed by atoms with Crippen molar-refractivity contribution in [3.05, 3.63) is 114 Å². The number of nitrogens with two attached hydrogens (primary N) is 1. The van der Waals surface area contributed by atoms with Crippen molar-refractivity contribution in [3.63, 3.8) is 0 Å².